The van der Waals surface area contributed by atoms with E-state index in [0.717, 1.165) is 18.0 Å². The van der Waals surface area contributed by atoms with Crippen LogP contribution in [-0.4, -0.2) is 23.6 Å². The molecule has 0 saturated heterocycles. The van der Waals surface area contributed by atoms with Crippen LogP contribution in [0.1, 0.15) is 6.92 Å². The van der Waals surface area contributed by atoms with Crippen molar-refractivity contribution >= 4 is 17.0 Å². The summed E-state index contributed by atoms with van der Waals surface area (Å²) in [5.74, 6) is 1.02. The van der Waals surface area contributed by atoms with Gasteiger partial charge in [-0.2, -0.15) is 0 Å². The molecule has 3 nitrogen and oxygen atoms in total. The van der Waals surface area contributed by atoms with Crippen molar-refractivity contribution in [1.82, 2.24) is 9.55 Å². The molecule has 2 rings (SSSR count). The predicted molar refractivity (Wildman–Crippen MR) is 59.7 cm³/mol. The van der Waals surface area contributed by atoms with E-state index in [-0.39, 0.29) is 0 Å². The van der Waals surface area contributed by atoms with E-state index < -0.39 is 0 Å². The van der Waals surface area contributed by atoms with Crippen molar-refractivity contribution < 1.29 is 0 Å². The van der Waals surface area contributed by atoms with Gasteiger partial charge in [-0.15, -0.1) is 0 Å². The molecule has 1 heterocycles. The van der Waals surface area contributed by atoms with Crippen LogP contribution in [0, 0.1) is 0 Å². The van der Waals surface area contributed by atoms with E-state index >= 15 is 0 Å². The fraction of sp³-hybridized carbons (Fsp3) is 0.364. The molecule has 1 aromatic carbocycles. The largest absolute Gasteiger partial charge is 0.348 e. The Hall–Kier alpha value is -1.51. The Morgan fingerprint density at radius 1 is 1.29 bits per heavy atom. The minimum atomic E-state index is 0.952. The Balaban J connectivity index is 2.72. The van der Waals surface area contributed by atoms with Crippen molar-refractivity contribution in [2.45, 2.75) is 13.5 Å². The van der Waals surface area contributed by atoms with Gasteiger partial charge in [0.25, 0.3) is 0 Å². The average molecular weight is 189 g/mol. The Bertz CT molecular complexity index is 443. The summed E-state index contributed by atoms with van der Waals surface area (Å²) >= 11 is 0. The van der Waals surface area contributed by atoms with Gasteiger partial charge in [0, 0.05) is 20.6 Å². The van der Waals surface area contributed by atoms with E-state index in [2.05, 4.69) is 34.7 Å². The van der Waals surface area contributed by atoms with Crippen molar-refractivity contribution in [2.75, 3.05) is 19.0 Å². The van der Waals surface area contributed by atoms with E-state index in [9.17, 15) is 0 Å². The SMILES string of the molecule is CCn1c(N(C)C)nc2ccccc21. The van der Waals surface area contributed by atoms with E-state index in [0.29, 0.717) is 0 Å². The van der Waals surface area contributed by atoms with Crippen LogP contribution >= 0.6 is 0 Å². The molecule has 0 fully saturated rings. The van der Waals surface area contributed by atoms with Crippen LogP contribution in [0.5, 0.6) is 0 Å². The number of aromatic nitrogens is 2. The maximum atomic E-state index is 4.57. The number of aryl methyl sites for hydroxylation is 1. The average Bonchev–Trinajstić information content (AvgIpc) is 2.56. The molecule has 0 aliphatic carbocycles. The van der Waals surface area contributed by atoms with Crippen LogP contribution in [0.15, 0.2) is 24.3 Å². The molecule has 0 spiro atoms. The highest BCUT2D eigenvalue weighted by Gasteiger charge is 2.09. The lowest BCUT2D eigenvalue weighted by atomic mass is 10.3. The number of hydrogen-bond donors (Lipinski definition) is 0. The molecule has 0 unspecified atom stereocenters. The maximum absolute atomic E-state index is 4.57. The quantitative estimate of drug-likeness (QED) is 0.721. The summed E-state index contributed by atoms with van der Waals surface area (Å²) in [6, 6.07) is 8.23. The van der Waals surface area contributed by atoms with Gasteiger partial charge in [-0.1, -0.05) is 12.1 Å². The summed E-state index contributed by atoms with van der Waals surface area (Å²) in [6.07, 6.45) is 0. The van der Waals surface area contributed by atoms with Gasteiger partial charge < -0.3 is 9.47 Å². The lowest BCUT2D eigenvalue weighted by Crippen LogP contribution is -2.14. The lowest BCUT2D eigenvalue weighted by molar-refractivity contribution is 0.769. The minimum Gasteiger partial charge on any atom is -0.348 e. The minimum absolute atomic E-state index is 0.952. The number of para-hydroxylation sites is 2. The second-order valence-corrected chi connectivity index (χ2v) is 3.54. The van der Waals surface area contributed by atoms with Crippen LogP contribution in [0.2, 0.25) is 0 Å². The summed E-state index contributed by atoms with van der Waals surface area (Å²) in [5.41, 5.74) is 2.27. The summed E-state index contributed by atoms with van der Waals surface area (Å²) in [5, 5.41) is 0. The van der Waals surface area contributed by atoms with Gasteiger partial charge in [-0.25, -0.2) is 4.98 Å². The van der Waals surface area contributed by atoms with Crippen LogP contribution in [0.4, 0.5) is 5.95 Å². The zero-order valence-electron chi connectivity index (χ0n) is 8.86. The first kappa shape index (κ1) is 9.06. The van der Waals surface area contributed by atoms with Gasteiger partial charge >= 0.3 is 0 Å². The molecule has 74 valence electrons. The monoisotopic (exact) mass is 189 g/mol. The van der Waals surface area contributed by atoms with Gasteiger partial charge in [-0.05, 0) is 19.1 Å². The molecule has 0 amide bonds. The zero-order valence-corrected chi connectivity index (χ0v) is 8.86. The molecule has 2 aromatic rings. The molecule has 0 aliphatic rings. The molecule has 0 radical (unpaired) electrons. The first-order valence-corrected chi connectivity index (χ1v) is 4.86. The number of benzene rings is 1. The maximum Gasteiger partial charge on any atom is 0.206 e. The number of hydrogen-bond acceptors (Lipinski definition) is 2. The Labute approximate surface area is 84.0 Å². The summed E-state index contributed by atoms with van der Waals surface area (Å²) in [7, 11) is 4.04. The molecule has 0 aliphatic heterocycles. The van der Waals surface area contributed by atoms with Gasteiger partial charge in [0.2, 0.25) is 5.95 Å². The zero-order chi connectivity index (χ0) is 10.1. The van der Waals surface area contributed by atoms with E-state index in [1.165, 1.54) is 5.52 Å². The van der Waals surface area contributed by atoms with Crippen molar-refractivity contribution in [2.24, 2.45) is 0 Å². The molecule has 3 heteroatoms. The van der Waals surface area contributed by atoms with Crippen LogP contribution in [0.25, 0.3) is 11.0 Å². The number of rotatable bonds is 2. The van der Waals surface area contributed by atoms with Crippen molar-refractivity contribution in [3.05, 3.63) is 24.3 Å². The molecular weight excluding hydrogens is 174 g/mol. The van der Waals surface area contributed by atoms with Crippen LogP contribution in [-0.2, 0) is 6.54 Å². The summed E-state index contributed by atoms with van der Waals surface area (Å²) in [6.45, 7) is 3.09. The highest BCUT2D eigenvalue weighted by molar-refractivity contribution is 5.78. The number of nitrogens with zero attached hydrogens (tertiary/aromatic N) is 3. The number of imidazole rings is 1. The molecular formula is C11H15N3. The molecule has 14 heavy (non-hydrogen) atoms. The van der Waals surface area contributed by atoms with Crippen LogP contribution in [0.3, 0.4) is 0 Å². The van der Waals surface area contributed by atoms with Crippen molar-refractivity contribution in [1.29, 1.82) is 0 Å². The number of anilines is 1. The fourth-order valence-corrected chi connectivity index (χ4v) is 1.72. The third-order valence-electron chi connectivity index (χ3n) is 2.35. The first-order valence-electron chi connectivity index (χ1n) is 4.86. The third-order valence-corrected chi connectivity index (χ3v) is 2.35. The molecule has 0 saturated carbocycles. The number of fused-ring (bicyclic) bond motifs is 1. The van der Waals surface area contributed by atoms with E-state index in [1.807, 2.05) is 25.1 Å². The Morgan fingerprint density at radius 2 is 2.00 bits per heavy atom. The fourth-order valence-electron chi connectivity index (χ4n) is 1.72. The highest BCUT2D eigenvalue weighted by atomic mass is 15.3. The van der Waals surface area contributed by atoms with Gasteiger partial charge in [0.05, 0.1) is 11.0 Å². The molecule has 1 aromatic heterocycles. The smallest absolute Gasteiger partial charge is 0.206 e. The summed E-state index contributed by atoms with van der Waals surface area (Å²) < 4.78 is 2.22. The van der Waals surface area contributed by atoms with Gasteiger partial charge in [0.1, 0.15) is 0 Å². The Kier molecular flexibility index (Phi) is 2.15. The predicted octanol–water partition coefficient (Wildman–Crippen LogP) is 2.12. The second kappa shape index (κ2) is 3.33. The highest BCUT2D eigenvalue weighted by Crippen LogP contribution is 2.20. The lowest BCUT2D eigenvalue weighted by Gasteiger charge is -2.12. The van der Waals surface area contributed by atoms with Crippen molar-refractivity contribution in [3.63, 3.8) is 0 Å². The normalized spacial score (nSPS) is 10.8. The third kappa shape index (κ3) is 1.25. The van der Waals surface area contributed by atoms with Crippen molar-refractivity contribution in [3.8, 4) is 0 Å². The molecule has 0 N–H and O–H groups in total. The topological polar surface area (TPSA) is 21.1 Å². The van der Waals surface area contributed by atoms with E-state index in [4.69, 9.17) is 0 Å². The molecule has 0 atom stereocenters. The van der Waals surface area contributed by atoms with Gasteiger partial charge in [-0.3, -0.25) is 0 Å². The summed E-state index contributed by atoms with van der Waals surface area (Å²) in [4.78, 5) is 6.62. The second-order valence-electron chi connectivity index (χ2n) is 3.54. The standard InChI is InChI=1S/C11H15N3/c1-4-14-10-8-6-5-7-9(10)12-11(14)13(2)3/h5-8H,4H2,1-3H3. The molecule has 0 bridgehead atoms. The first-order chi connectivity index (χ1) is 6.74. The van der Waals surface area contributed by atoms with E-state index in [1.54, 1.807) is 0 Å². The Morgan fingerprint density at radius 3 is 2.64 bits per heavy atom. The van der Waals surface area contributed by atoms with Crippen LogP contribution < -0.4 is 4.90 Å². The van der Waals surface area contributed by atoms with Gasteiger partial charge in [0.15, 0.2) is 0 Å².